The largest absolute Gasteiger partial charge is 0.504 e. The van der Waals surface area contributed by atoms with Crippen LogP contribution in [0.25, 0.3) is 0 Å². The van der Waals surface area contributed by atoms with Crippen LogP contribution in [0.1, 0.15) is 39.5 Å². The zero-order valence-corrected chi connectivity index (χ0v) is 17.6. The number of carbonyl (C=O) groups is 1. The highest BCUT2D eigenvalue weighted by Gasteiger charge is 2.34. The van der Waals surface area contributed by atoms with Crippen LogP contribution >= 0.6 is 33.9 Å². The Balaban J connectivity index is 1.69. The van der Waals surface area contributed by atoms with E-state index >= 15 is 0 Å². The molecular weight excluding hydrogens is 465 g/mol. The molecule has 0 saturated heterocycles. The molecule has 3 heterocycles. The standard InChI is InChI=1S/C18H20IN3O3S/c1-3-25-12-7-9(6-11(19)15(12)23)16-20-17(24)14-10-4-5-22(2)8-13(10)26-18(14)21-16/h6-7,16,21,23H,3-5,8H2,1-2H3,(H,20,24)/p+1/t16-/m1/s1. The molecule has 8 heteroatoms. The first-order valence-corrected chi connectivity index (χ1v) is 10.6. The molecule has 1 aromatic heterocycles. The van der Waals surface area contributed by atoms with Gasteiger partial charge in [-0.15, -0.1) is 11.3 Å². The van der Waals surface area contributed by atoms with Crippen molar-refractivity contribution in [3.63, 3.8) is 0 Å². The van der Waals surface area contributed by atoms with E-state index in [9.17, 15) is 9.90 Å². The summed E-state index contributed by atoms with van der Waals surface area (Å²) in [7, 11) is 2.19. The van der Waals surface area contributed by atoms with Crippen LogP contribution in [0.5, 0.6) is 11.5 Å². The number of thiophene rings is 1. The highest BCUT2D eigenvalue weighted by molar-refractivity contribution is 14.1. The summed E-state index contributed by atoms with van der Waals surface area (Å²) in [5.74, 6) is 0.547. The number of nitrogens with one attached hydrogen (secondary N) is 3. The molecule has 0 saturated carbocycles. The molecule has 2 aromatic rings. The molecule has 2 aliphatic rings. The molecule has 6 nitrogen and oxygen atoms in total. The van der Waals surface area contributed by atoms with Crippen LogP contribution in [0.4, 0.5) is 5.00 Å². The van der Waals surface area contributed by atoms with Gasteiger partial charge in [0.2, 0.25) is 0 Å². The van der Waals surface area contributed by atoms with E-state index in [-0.39, 0.29) is 17.8 Å². The molecule has 0 spiro atoms. The molecule has 138 valence electrons. The molecule has 0 fully saturated rings. The number of fused-ring (bicyclic) bond motifs is 3. The molecule has 1 amide bonds. The number of rotatable bonds is 3. The maximum Gasteiger partial charge on any atom is 0.256 e. The minimum atomic E-state index is -0.339. The summed E-state index contributed by atoms with van der Waals surface area (Å²) in [6.07, 6.45) is 0.603. The van der Waals surface area contributed by atoms with E-state index in [0.717, 1.165) is 35.6 Å². The van der Waals surface area contributed by atoms with Gasteiger partial charge in [-0.25, -0.2) is 0 Å². The molecule has 0 aliphatic carbocycles. The van der Waals surface area contributed by atoms with Gasteiger partial charge in [0.15, 0.2) is 11.5 Å². The molecule has 2 atom stereocenters. The SMILES string of the molecule is CCOc1cc([C@@H]2NC(=O)c3c(sc4c3CC[NH+](C)C4)N2)cc(I)c1O. The molecule has 0 radical (unpaired) electrons. The van der Waals surface area contributed by atoms with Crippen molar-refractivity contribution in [1.82, 2.24) is 5.32 Å². The first-order chi connectivity index (χ1) is 12.5. The lowest BCUT2D eigenvalue weighted by Crippen LogP contribution is -3.08. The monoisotopic (exact) mass is 486 g/mol. The Morgan fingerprint density at radius 1 is 1.42 bits per heavy atom. The number of hydrogen-bond donors (Lipinski definition) is 4. The van der Waals surface area contributed by atoms with E-state index in [2.05, 4.69) is 40.3 Å². The van der Waals surface area contributed by atoms with Crippen molar-refractivity contribution in [1.29, 1.82) is 0 Å². The van der Waals surface area contributed by atoms with Crippen LogP contribution < -0.4 is 20.3 Å². The second-order valence-electron chi connectivity index (χ2n) is 6.68. The van der Waals surface area contributed by atoms with Crippen molar-refractivity contribution >= 4 is 44.8 Å². The second-order valence-corrected chi connectivity index (χ2v) is 8.94. The van der Waals surface area contributed by atoms with Crippen LogP contribution in [-0.4, -0.2) is 31.2 Å². The Hall–Kier alpha value is -1.52. The first-order valence-electron chi connectivity index (χ1n) is 8.66. The van der Waals surface area contributed by atoms with Crippen LogP contribution in [-0.2, 0) is 13.0 Å². The fourth-order valence-corrected chi connectivity index (χ4v) is 5.54. The van der Waals surface area contributed by atoms with Crippen LogP contribution in [0.2, 0.25) is 0 Å². The molecular formula is C18H21IN3O3S+. The smallest absolute Gasteiger partial charge is 0.256 e. The van der Waals surface area contributed by atoms with E-state index in [1.165, 1.54) is 15.3 Å². The van der Waals surface area contributed by atoms with Crippen molar-refractivity contribution in [2.24, 2.45) is 0 Å². The van der Waals surface area contributed by atoms with Gasteiger partial charge in [-0.3, -0.25) is 4.79 Å². The highest BCUT2D eigenvalue weighted by atomic mass is 127. The normalized spacial score (nSPS) is 21.4. The zero-order valence-electron chi connectivity index (χ0n) is 14.6. The lowest BCUT2D eigenvalue weighted by molar-refractivity contribution is -0.895. The highest BCUT2D eigenvalue weighted by Crippen LogP contribution is 2.41. The topological polar surface area (TPSA) is 75.0 Å². The van der Waals surface area contributed by atoms with Gasteiger partial charge in [0.25, 0.3) is 5.91 Å². The molecule has 1 unspecified atom stereocenters. The summed E-state index contributed by atoms with van der Waals surface area (Å²) in [5.41, 5.74) is 2.88. The van der Waals surface area contributed by atoms with Crippen molar-refractivity contribution in [3.05, 3.63) is 37.3 Å². The number of carbonyl (C=O) groups excluding carboxylic acids is 1. The lowest BCUT2D eigenvalue weighted by atomic mass is 10.0. The number of halogens is 1. The minimum Gasteiger partial charge on any atom is -0.504 e. The number of benzene rings is 1. The van der Waals surface area contributed by atoms with Gasteiger partial charge in [0.1, 0.15) is 17.7 Å². The van der Waals surface area contributed by atoms with Crippen molar-refractivity contribution in [3.8, 4) is 11.5 Å². The summed E-state index contributed by atoms with van der Waals surface area (Å²) in [6, 6.07) is 3.65. The Kier molecular flexibility index (Phi) is 4.74. The van der Waals surface area contributed by atoms with Gasteiger partial charge < -0.3 is 25.4 Å². The van der Waals surface area contributed by atoms with E-state index < -0.39 is 0 Å². The quantitative estimate of drug-likeness (QED) is 0.500. The third-order valence-corrected chi connectivity index (χ3v) is 6.80. The van der Waals surface area contributed by atoms with Gasteiger partial charge >= 0.3 is 0 Å². The maximum absolute atomic E-state index is 12.8. The van der Waals surface area contributed by atoms with Crippen LogP contribution in [0, 0.1) is 3.57 Å². The number of aromatic hydroxyl groups is 1. The number of amides is 1. The van der Waals surface area contributed by atoms with Crippen LogP contribution in [0.3, 0.4) is 0 Å². The van der Waals surface area contributed by atoms with Crippen molar-refractivity contribution in [2.45, 2.75) is 26.1 Å². The van der Waals surface area contributed by atoms with Gasteiger partial charge in [0, 0.05) is 6.42 Å². The number of likely N-dealkylation sites (N-methyl/N-ethyl adjacent to an activating group) is 1. The summed E-state index contributed by atoms with van der Waals surface area (Å²) >= 11 is 3.77. The predicted octanol–water partition coefficient (Wildman–Crippen LogP) is 1.88. The van der Waals surface area contributed by atoms with Gasteiger partial charge in [-0.1, -0.05) is 0 Å². The number of quaternary nitrogens is 1. The Bertz CT molecular complexity index is 883. The maximum atomic E-state index is 12.8. The molecule has 26 heavy (non-hydrogen) atoms. The fraction of sp³-hybridized carbons (Fsp3) is 0.389. The van der Waals surface area contributed by atoms with Crippen molar-refractivity contribution < 1.29 is 19.5 Å². The fourth-order valence-electron chi connectivity index (χ4n) is 3.53. The number of phenols is 1. The Morgan fingerprint density at radius 3 is 3.00 bits per heavy atom. The molecule has 0 bridgehead atoms. The Labute approximate surface area is 169 Å². The molecule has 2 aliphatic heterocycles. The average Bonchev–Trinajstić information content (AvgIpc) is 2.96. The molecule has 4 rings (SSSR count). The summed E-state index contributed by atoms with van der Waals surface area (Å²) < 4.78 is 6.22. The van der Waals surface area contributed by atoms with E-state index in [4.69, 9.17) is 4.74 Å². The first kappa shape index (κ1) is 17.9. The van der Waals surface area contributed by atoms with Gasteiger partial charge in [-0.05, 0) is 52.8 Å². The average molecular weight is 486 g/mol. The van der Waals surface area contributed by atoms with E-state index in [1.807, 2.05) is 13.0 Å². The number of phenolic OH excluding ortho intramolecular Hbond substituents is 1. The zero-order chi connectivity index (χ0) is 18.4. The van der Waals surface area contributed by atoms with E-state index in [0.29, 0.717) is 15.9 Å². The third kappa shape index (κ3) is 3.03. The molecule has 1 aromatic carbocycles. The lowest BCUT2D eigenvalue weighted by Gasteiger charge is -2.27. The molecule has 4 N–H and O–H groups in total. The minimum absolute atomic E-state index is 0.0261. The third-order valence-electron chi connectivity index (χ3n) is 4.82. The van der Waals surface area contributed by atoms with Crippen molar-refractivity contribution in [2.75, 3.05) is 25.5 Å². The number of hydrogen-bond acceptors (Lipinski definition) is 5. The van der Waals surface area contributed by atoms with E-state index in [1.54, 1.807) is 17.4 Å². The Morgan fingerprint density at radius 2 is 2.23 bits per heavy atom. The number of ether oxygens (including phenoxy) is 1. The van der Waals surface area contributed by atoms with Crippen LogP contribution in [0.15, 0.2) is 12.1 Å². The second kappa shape index (κ2) is 6.90. The van der Waals surface area contributed by atoms with Gasteiger partial charge in [-0.2, -0.15) is 0 Å². The number of anilines is 1. The predicted molar refractivity (Wildman–Crippen MR) is 109 cm³/mol. The summed E-state index contributed by atoms with van der Waals surface area (Å²) in [5, 5.41) is 17.6. The summed E-state index contributed by atoms with van der Waals surface area (Å²) in [6.45, 7) is 4.37. The summed E-state index contributed by atoms with van der Waals surface area (Å²) in [4.78, 5) is 15.6. The van der Waals surface area contributed by atoms with Gasteiger partial charge in [0.05, 0.1) is 34.2 Å².